The second-order valence-corrected chi connectivity index (χ2v) is 8.00. The van der Waals surface area contributed by atoms with Crippen LogP contribution in [0.2, 0.25) is 0 Å². The molecule has 1 heterocycles. The molecule has 0 radical (unpaired) electrons. The number of aliphatic hydroxyl groups is 3. The molecule has 1 saturated heterocycles. The van der Waals surface area contributed by atoms with Crippen molar-refractivity contribution >= 4 is 19.7 Å². The van der Waals surface area contributed by atoms with Gasteiger partial charge in [0.05, 0.1) is 24.9 Å². The van der Waals surface area contributed by atoms with Crippen LogP contribution >= 0.6 is 7.82 Å². The number of phosphoric acid groups is 1. The van der Waals surface area contributed by atoms with E-state index >= 15 is 0 Å². The van der Waals surface area contributed by atoms with Crippen LogP contribution in [0, 0.1) is 5.92 Å². The topological polar surface area (TPSA) is 181 Å². The molecule has 0 aromatic heterocycles. The number of carbonyl (C=O) groups excluding carboxylic acids is 1. The summed E-state index contributed by atoms with van der Waals surface area (Å²) >= 11 is 0. The van der Waals surface area contributed by atoms with Crippen molar-refractivity contribution in [1.82, 2.24) is 5.32 Å². The largest absolute Gasteiger partial charge is 0.477 e. The van der Waals surface area contributed by atoms with Crippen molar-refractivity contribution in [2.75, 3.05) is 27.4 Å². The van der Waals surface area contributed by atoms with Gasteiger partial charge in [-0.2, -0.15) is 0 Å². The van der Waals surface area contributed by atoms with Gasteiger partial charge in [-0.15, -0.1) is 0 Å². The fraction of sp³-hybridized carbons (Fsp3) is 0.857. The number of aliphatic hydroxyl groups excluding tert-OH is 2. The van der Waals surface area contributed by atoms with E-state index in [-0.39, 0.29) is 18.9 Å². The molecule has 5 atom stereocenters. The molecule has 0 aromatic rings. The number of carboxylic acids is 1. The minimum absolute atomic E-state index is 0.0704. The Morgan fingerprint density at radius 2 is 1.96 bits per heavy atom. The average molecular weight is 415 g/mol. The van der Waals surface area contributed by atoms with Gasteiger partial charge in [-0.3, -0.25) is 18.4 Å². The Hall–Kier alpha value is -1.11. The Labute approximate surface area is 156 Å². The van der Waals surface area contributed by atoms with Crippen molar-refractivity contribution in [3.8, 4) is 0 Å². The highest BCUT2D eigenvalue weighted by Crippen LogP contribution is 2.47. The van der Waals surface area contributed by atoms with Gasteiger partial charge in [0.2, 0.25) is 5.91 Å². The predicted octanol–water partition coefficient (Wildman–Crippen LogP) is -1.17. The van der Waals surface area contributed by atoms with Gasteiger partial charge >= 0.3 is 13.8 Å². The molecule has 0 bridgehead atoms. The number of carbonyl (C=O) groups is 2. The van der Waals surface area contributed by atoms with Crippen LogP contribution in [0.1, 0.15) is 19.8 Å². The van der Waals surface area contributed by atoms with Gasteiger partial charge in [0, 0.05) is 46.4 Å². The normalized spacial score (nSPS) is 29.9. The average Bonchev–Trinajstić information content (AvgIpc) is 2.58. The van der Waals surface area contributed by atoms with Gasteiger partial charge < -0.3 is 30.5 Å². The summed E-state index contributed by atoms with van der Waals surface area (Å²) in [5.74, 6) is -5.53. The van der Waals surface area contributed by atoms with E-state index in [1.54, 1.807) is 0 Å². The second kappa shape index (κ2) is 9.89. The van der Waals surface area contributed by atoms with Crippen molar-refractivity contribution in [1.29, 1.82) is 0 Å². The van der Waals surface area contributed by atoms with Crippen molar-refractivity contribution in [3.05, 3.63) is 0 Å². The molecule has 13 heteroatoms. The number of phosphoric ester groups is 1. The van der Waals surface area contributed by atoms with Gasteiger partial charge in [0.1, 0.15) is 0 Å². The number of amides is 1. The van der Waals surface area contributed by atoms with Gasteiger partial charge in [-0.05, 0) is 0 Å². The Balaban J connectivity index is 2.85. The predicted molar refractivity (Wildman–Crippen MR) is 88.5 cm³/mol. The summed E-state index contributed by atoms with van der Waals surface area (Å²) in [4.78, 5) is 22.4. The van der Waals surface area contributed by atoms with Crippen LogP contribution in [0.3, 0.4) is 0 Å². The third-order valence-corrected chi connectivity index (χ3v) is 5.46. The van der Waals surface area contributed by atoms with E-state index in [0.717, 1.165) is 14.2 Å². The second-order valence-electron chi connectivity index (χ2n) is 6.12. The lowest BCUT2D eigenvalue weighted by atomic mass is 9.84. The maximum atomic E-state index is 11.8. The van der Waals surface area contributed by atoms with E-state index < -0.39 is 56.8 Å². The summed E-state index contributed by atoms with van der Waals surface area (Å²) in [5.41, 5.74) is 0. The maximum Gasteiger partial charge on any atom is 0.474 e. The standard InChI is InChI=1S/C14H26NO11P/c1-8(16)15-6-10-11(18)5-14(21,13(19)20)26-12(10)4-9(17)7-25-27(22,23-2)24-3/h9-12,17-18,21H,4-7H2,1-3H3,(H,15,16)(H,19,20)/t9-,10?,11?,12?,14?/m0/s1. The highest BCUT2D eigenvalue weighted by Gasteiger charge is 2.51. The minimum Gasteiger partial charge on any atom is -0.477 e. The number of aliphatic carboxylic acids is 1. The number of hydrogen-bond donors (Lipinski definition) is 5. The Morgan fingerprint density at radius 1 is 1.37 bits per heavy atom. The molecule has 0 aliphatic carbocycles. The van der Waals surface area contributed by atoms with E-state index in [9.17, 15) is 29.5 Å². The zero-order chi connectivity index (χ0) is 20.8. The Morgan fingerprint density at radius 3 is 2.44 bits per heavy atom. The number of nitrogens with one attached hydrogen (secondary N) is 1. The SMILES string of the molecule is COP(=O)(OC)OC[C@@H](O)CC1OC(O)(C(=O)O)CC(O)C1CNC(C)=O. The lowest BCUT2D eigenvalue weighted by molar-refractivity contribution is -0.287. The fourth-order valence-electron chi connectivity index (χ4n) is 2.65. The monoisotopic (exact) mass is 415 g/mol. The van der Waals surface area contributed by atoms with Crippen molar-refractivity contribution in [2.45, 2.75) is 43.9 Å². The molecule has 4 unspecified atom stereocenters. The van der Waals surface area contributed by atoms with Crippen molar-refractivity contribution < 1.29 is 52.9 Å². The quantitative estimate of drug-likeness (QED) is 0.271. The first-order valence-electron chi connectivity index (χ1n) is 8.06. The molecular weight excluding hydrogens is 389 g/mol. The Kier molecular flexibility index (Phi) is 8.77. The molecule has 1 aliphatic heterocycles. The molecule has 1 amide bonds. The number of carboxylic acid groups (broad SMARTS) is 1. The highest BCUT2D eigenvalue weighted by molar-refractivity contribution is 7.48. The first-order chi connectivity index (χ1) is 12.5. The molecule has 1 rings (SSSR count). The van der Waals surface area contributed by atoms with Crippen LogP contribution < -0.4 is 5.32 Å². The van der Waals surface area contributed by atoms with E-state index in [1.807, 2.05) is 0 Å². The van der Waals surface area contributed by atoms with E-state index in [1.165, 1.54) is 6.92 Å². The summed E-state index contributed by atoms with van der Waals surface area (Å²) in [7, 11) is -1.65. The first-order valence-corrected chi connectivity index (χ1v) is 9.52. The molecule has 5 N–H and O–H groups in total. The van der Waals surface area contributed by atoms with Crippen LogP contribution in [0.25, 0.3) is 0 Å². The molecule has 158 valence electrons. The third kappa shape index (κ3) is 6.77. The lowest BCUT2D eigenvalue weighted by Crippen LogP contribution is -2.58. The third-order valence-electron chi connectivity index (χ3n) is 4.10. The van der Waals surface area contributed by atoms with E-state index in [2.05, 4.69) is 14.4 Å². The van der Waals surface area contributed by atoms with Crippen LogP contribution in [0.4, 0.5) is 0 Å². The van der Waals surface area contributed by atoms with Crippen LogP contribution in [0.5, 0.6) is 0 Å². The summed E-state index contributed by atoms with van der Waals surface area (Å²) in [6.45, 7) is 0.681. The van der Waals surface area contributed by atoms with Gasteiger partial charge in [0.15, 0.2) is 0 Å². The maximum absolute atomic E-state index is 11.8. The minimum atomic E-state index is -3.83. The molecular formula is C14H26NO11P. The fourth-order valence-corrected chi connectivity index (χ4v) is 3.37. The molecule has 1 aliphatic rings. The number of ether oxygens (including phenoxy) is 1. The van der Waals surface area contributed by atoms with Crippen molar-refractivity contribution in [2.24, 2.45) is 5.92 Å². The number of hydrogen-bond acceptors (Lipinski definition) is 10. The summed E-state index contributed by atoms with van der Waals surface area (Å²) in [6.07, 6.45) is -4.70. The summed E-state index contributed by atoms with van der Waals surface area (Å²) in [5, 5.41) is 42.0. The molecule has 1 fully saturated rings. The van der Waals surface area contributed by atoms with Crippen LogP contribution in [0.15, 0.2) is 0 Å². The van der Waals surface area contributed by atoms with E-state index in [0.29, 0.717) is 0 Å². The van der Waals surface area contributed by atoms with Crippen LogP contribution in [-0.4, -0.2) is 83.8 Å². The van der Waals surface area contributed by atoms with Crippen LogP contribution in [-0.2, 0) is 32.5 Å². The van der Waals surface area contributed by atoms with Gasteiger partial charge in [-0.25, -0.2) is 9.36 Å². The van der Waals surface area contributed by atoms with E-state index in [4.69, 9.17) is 14.4 Å². The zero-order valence-electron chi connectivity index (χ0n) is 15.2. The molecule has 27 heavy (non-hydrogen) atoms. The first kappa shape index (κ1) is 23.9. The Bertz CT molecular complexity index is 565. The zero-order valence-corrected chi connectivity index (χ0v) is 16.1. The molecule has 12 nitrogen and oxygen atoms in total. The van der Waals surface area contributed by atoms with Crippen molar-refractivity contribution in [3.63, 3.8) is 0 Å². The molecule has 0 aromatic carbocycles. The van der Waals surface area contributed by atoms with Gasteiger partial charge in [0.25, 0.3) is 5.79 Å². The summed E-state index contributed by atoms with van der Waals surface area (Å²) in [6, 6.07) is 0. The smallest absolute Gasteiger partial charge is 0.474 e. The highest BCUT2D eigenvalue weighted by atomic mass is 31.2. The molecule has 0 saturated carbocycles. The van der Waals surface area contributed by atoms with Gasteiger partial charge in [-0.1, -0.05) is 0 Å². The summed E-state index contributed by atoms with van der Waals surface area (Å²) < 4.78 is 31.0. The number of rotatable bonds is 10. The molecule has 0 spiro atoms. The lowest BCUT2D eigenvalue weighted by Gasteiger charge is -2.43.